The van der Waals surface area contributed by atoms with Crippen molar-refractivity contribution >= 4 is 0 Å². The highest BCUT2D eigenvalue weighted by Crippen LogP contribution is 2.29. The van der Waals surface area contributed by atoms with E-state index in [0.29, 0.717) is 18.1 Å². The van der Waals surface area contributed by atoms with E-state index in [0.717, 1.165) is 37.7 Å². The first-order chi connectivity index (χ1) is 9.35. The Morgan fingerprint density at radius 2 is 2.26 bits per heavy atom. The van der Waals surface area contributed by atoms with Crippen molar-refractivity contribution in [2.24, 2.45) is 5.92 Å². The summed E-state index contributed by atoms with van der Waals surface area (Å²) in [4.78, 5) is 4.29. The number of hydrogen-bond acceptors (Lipinski definition) is 5. The molecule has 1 aliphatic rings. The summed E-state index contributed by atoms with van der Waals surface area (Å²) in [6.07, 6.45) is 4.06. The largest absolute Gasteiger partial charge is 0.493 e. The zero-order valence-corrected chi connectivity index (χ0v) is 11.6. The fourth-order valence-corrected chi connectivity index (χ4v) is 2.33. The molecule has 1 aromatic rings. The minimum absolute atomic E-state index is 0.459. The van der Waals surface area contributed by atoms with Crippen LogP contribution in [0.15, 0.2) is 12.3 Å². The van der Waals surface area contributed by atoms with E-state index in [4.69, 9.17) is 14.2 Å². The highest BCUT2D eigenvalue weighted by Gasteiger charge is 2.14. The lowest BCUT2D eigenvalue weighted by Gasteiger charge is -2.12. The quantitative estimate of drug-likeness (QED) is 0.760. The lowest BCUT2D eigenvalue weighted by molar-refractivity contribution is 0.104. The monoisotopic (exact) mass is 266 g/mol. The van der Waals surface area contributed by atoms with Gasteiger partial charge < -0.3 is 19.5 Å². The van der Waals surface area contributed by atoms with Gasteiger partial charge in [-0.1, -0.05) is 0 Å². The standard InChI is InChI=1S/C14H22N2O3/c1-17-13-4-7-16-12(14(13)18-2)10-19-8-5-11-3-6-15-9-11/h4,7,11,15H,3,5-6,8-10H2,1-2H3. The van der Waals surface area contributed by atoms with E-state index in [1.807, 2.05) is 0 Å². The molecule has 5 heteroatoms. The minimum Gasteiger partial charge on any atom is -0.493 e. The maximum atomic E-state index is 5.70. The number of pyridine rings is 1. The number of nitrogens with one attached hydrogen (secondary N) is 1. The first-order valence-corrected chi connectivity index (χ1v) is 6.69. The average molecular weight is 266 g/mol. The lowest BCUT2D eigenvalue weighted by atomic mass is 10.1. The van der Waals surface area contributed by atoms with Gasteiger partial charge in [0.15, 0.2) is 11.5 Å². The normalized spacial score (nSPS) is 18.5. The third-order valence-corrected chi connectivity index (χ3v) is 3.44. The first kappa shape index (κ1) is 14.1. The van der Waals surface area contributed by atoms with Crippen molar-refractivity contribution in [3.05, 3.63) is 18.0 Å². The molecule has 2 rings (SSSR count). The van der Waals surface area contributed by atoms with E-state index in [9.17, 15) is 0 Å². The molecule has 1 aromatic heterocycles. The lowest BCUT2D eigenvalue weighted by Crippen LogP contribution is -2.11. The Morgan fingerprint density at radius 3 is 2.95 bits per heavy atom. The summed E-state index contributed by atoms with van der Waals surface area (Å²) in [5.74, 6) is 2.10. The summed E-state index contributed by atoms with van der Waals surface area (Å²) in [7, 11) is 3.24. The number of nitrogens with zero attached hydrogens (tertiary/aromatic N) is 1. The van der Waals surface area contributed by atoms with Crippen LogP contribution >= 0.6 is 0 Å². The Morgan fingerprint density at radius 1 is 1.37 bits per heavy atom. The highest BCUT2D eigenvalue weighted by atomic mass is 16.5. The van der Waals surface area contributed by atoms with Crippen LogP contribution in [-0.2, 0) is 11.3 Å². The SMILES string of the molecule is COc1ccnc(COCCC2CCNC2)c1OC. The summed E-state index contributed by atoms with van der Waals surface area (Å²) in [5, 5.41) is 3.36. The van der Waals surface area contributed by atoms with Gasteiger partial charge in [-0.25, -0.2) is 0 Å². The van der Waals surface area contributed by atoms with Crippen LogP contribution in [0, 0.1) is 5.92 Å². The predicted octanol–water partition coefficient (Wildman–Crippen LogP) is 1.61. The zero-order valence-electron chi connectivity index (χ0n) is 11.6. The number of hydrogen-bond donors (Lipinski definition) is 1. The fourth-order valence-electron chi connectivity index (χ4n) is 2.33. The van der Waals surface area contributed by atoms with Crippen LogP contribution in [0.25, 0.3) is 0 Å². The third kappa shape index (κ3) is 3.81. The summed E-state index contributed by atoms with van der Waals surface area (Å²) < 4.78 is 16.3. The van der Waals surface area contributed by atoms with Crippen LogP contribution in [0.3, 0.4) is 0 Å². The molecule has 1 aliphatic heterocycles. The second kappa shape index (κ2) is 7.31. The molecular formula is C14H22N2O3. The van der Waals surface area contributed by atoms with Gasteiger partial charge in [-0.2, -0.15) is 0 Å². The van der Waals surface area contributed by atoms with Crippen molar-refractivity contribution in [2.45, 2.75) is 19.4 Å². The third-order valence-electron chi connectivity index (χ3n) is 3.44. The van der Waals surface area contributed by atoms with Gasteiger partial charge in [-0.15, -0.1) is 0 Å². The van der Waals surface area contributed by atoms with Gasteiger partial charge in [-0.05, 0) is 31.8 Å². The van der Waals surface area contributed by atoms with Crippen LogP contribution in [-0.4, -0.2) is 38.9 Å². The van der Waals surface area contributed by atoms with Gasteiger partial charge in [0.05, 0.1) is 20.8 Å². The number of rotatable bonds is 7. The zero-order chi connectivity index (χ0) is 13.5. The molecule has 0 aliphatic carbocycles. The molecule has 2 heterocycles. The first-order valence-electron chi connectivity index (χ1n) is 6.69. The Hall–Kier alpha value is -1.33. The summed E-state index contributed by atoms with van der Waals surface area (Å²) in [5.41, 5.74) is 0.784. The molecule has 19 heavy (non-hydrogen) atoms. The van der Waals surface area contributed by atoms with Crippen molar-refractivity contribution in [2.75, 3.05) is 33.9 Å². The highest BCUT2D eigenvalue weighted by molar-refractivity contribution is 5.42. The van der Waals surface area contributed by atoms with Crippen molar-refractivity contribution in [1.82, 2.24) is 10.3 Å². The molecule has 106 valence electrons. The van der Waals surface area contributed by atoms with E-state index in [-0.39, 0.29) is 0 Å². The van der Waals surface area contributed by atoms with Gasteiger partial charge in [0, 0.05) is 18.9 Å². The molecule has 0 bridgehead atoms. The second-order valence-corrected chi connectivity index (χ2v) is 4.69. The van der Waals surface area contributed by atoms with E-state index in [2.05, 4.69) is 10.3 Å². The fraction of sp³-hybridized carbons (Fsp3) is 0.643. The van der Waals surface area contributed by atoms with Crippen LogP contribution in [0.4, 0.5) is 0 Å². The maximum absolute atomic E-state index is 5.70. The van der Waals surface area contributed by atoms with Crippen molar-refractivity contribution in [3.8, 4) is 11.5 Å². The molecule has 0 aromatic carbocycles. The minimum atomic E-state index is 0.459. The topological polar surface area (TPSA) is 52.6 Å². The van der Waals surface area contributed by atoms with E-state index in [1.165, 1.54) is 6.42 Å². The molecule has 0 saturated carbocycles. The number of methoxy groups -OCH3 is 2. The Labute approximate surface area is 114 Å². The molecule has 1 fully saturated rings. The summed E-state index contributed by atoms with van der Waals surface area (Å²) >= 11 is 0. The summed E-state index contributed by atoms with van der Waals surface area (Å²) in [6, 6.07) is 1.78. The molecule has 0 amide bonds. The second-order valence-electron chi connectivity index (χ2n) is 4.69. The van der Waals surface area contributed by atoms with Gasteiger partial charge in [0.25, 0.3) is 0 Å². The van der Waals surface area contributed by atoms with Crippen LogP contribution in [0.1, 0.15) is 18.5 Å². The van der Waals surface area contributed by atoms with Crippen LogP contribution in [0.2, 0.25) is 0 Å². The van der Waals surface area contributed by atoms with E-state index in [1.54, 1.807) is 26.5 Å². The summed E-state index contributed by atoms with van der Waals surface area (Å²) in [6.45, 7) is 3.47. The average Bonchev–Trinajstić information content (AvgIpc) is 2.96. The molecule has 0 spiro atoms. The van der Waals surface area contributed by atoms with Crippen LogP contribution in [0.5, 0.6) is 11.5 Å². The number of aromatic nitrogens is 1. The van der Waals surface area contributed by atoms with Gasteiger partial charge in [-0.3, -0.25) is 4.98 Å². The molecular weight excluding hydrogens is 244 g/mol. The maximum Gasteiger partial charge on any atom is 0.184 e. The Kier molecular flexibility index (Phi) is 5.42. The predicted molar refractivity (Wildman–Crippen MR) is 72.6 cm³/mol. The van der Waals surface area contributed by atoms with Gasteiger partial charge in [0.2, 0.25) is 0 Å². The molecule has 1 atom stereocenters. The molecule has 1 N–H and O–H groups in total. The molecule has 5 nitrogen and oxygen atoms in total. The Bertz CT molecular complexity index is 392. The van der Waals surface area contributed by atoms with E-state index >= 15 is 0 Å². The smallest absolute Gasteiger partial charge is 0.184 e. The van der Waals surface area contributed by atoms with E-state index < -0.39 is 0 Å². The van der Waals surface area contributed by atoms with Crippen molar-refractivity contribution in [1.29, 1.82) is 0 Å². The molecule has 1 saturated heterocycles. The molecule has 1 unspecified atom stereocenters. The van der Waals surface area contributed by atoms with Crippen LogP contribution < -0.4 is 14.8 Å². The number of ether oxygens (including phenoxy) is 3. The Balaban J connectivity index is 1.81. The molecule has 0 radical (unpaired) electrons. The van der Waals surface area contributed by atoms with Gasteiger partial charge >= 0.3 is 0 Å². The van der Waals surface area contributed by atoms with Crippen molar-refractivity contribution in [3.63, 3.8) is 0 Å². The van der Waals surface area contributed by atoms with Gasteiger partial charge in [0.1, 0.15) is 5.69 Å². The van der Waals surface area contributed by atoms with Crippen molar-refractivity contribution < 1.29 is 14.2 Å².